The number of nitrogens with one attached hydrogen (secondary N) is 1. The normalized spacial score (nSPS) is 17.7. The minimum atomic E-state index is -0.399. The van der Waals surface area contributed by atoms with Crippen LogP contribution in [0.15, 0.2) is 41.2 Å². The molecular formula is C29H38N6O4. The molecule has 0 spiro atoms. The molecule has 208 valence electrons. The summed E-state index contributed by atoms with van der Waals surface area (Å²) in [6, 6.07) is 10.8. The third-order valence-electron chi connectivity index (χ3n) is 8.06. The lowest BCUT2D eigenvalue weighted by Crippen LogP contribution is -2.48. The van der Waals surface area contributed by atoms with Gasteiger partial charge in [-0.1, -0.05) is 26.0 Å². The Morgan fingerprint density at radius 2 is 1.64 bits per heavy atom. The number of carbonyl (C=O) groups excluding carboxylic acids is 1. The lowest BCUT2D eigenvalue weighted by molar-refractivity contribution is -0.119. The summed E-state index contributed by atoms with van der Waals surface area (Å²) in [6.45, 7) is 11.7. The van der Waals surface area contributed by atoms with Gasteiger partial charge in [0.1, 0.15) is 11.5 Å². The van der Waals surface area contributed by atoms with E-state index >= 15 is 0 Å². The molecule has 2 saturated heterocycles. The molecule has 2 aliphatic heterocycles. The van der Waals surface area contributed by atoms with Crippen LogP contribution in [0.2, 0.25) is 0 Å². The van der Waals surface area contributed by atoms with Gasteiger partial charge in [-0.3, -0.25) is 9.69 Å². The van der Waals surface area contributed by atoms with E-state index in [1.165, 1.54) is 16.2 Å². The van der Waals surface area contributed by atoms with Crippen LogP contribution < -0.4 is 5.69 Å². The lowest BCUT2D eigenvalue weighted by atomic mass is 9.96. The number of hydrogen-bond donors (Lipinski definition) is 3. The van der Waals surface area contributed by atoms with Gasteiger partial charge in [-0.05, 0) is 54.0 Å². The third kappa shape index (κ3) is 6.02. The zero-order valence-corrected chi connectivity index (χ0v) is 22.7. The van der Waals surface area contributed by atoms with E-state index in [0.29, 0.717) is 28.6 Å². The first kappa shape index (κ1) is 27.0. The van der Waals surface area contributed by atoms with Crippen molar-refractivity contribution in [1.82, 2.24) is 29.5 Å². The minimum absolute atomic E-state index is 0.0146. The number of phenols is 2. The number of aromatic amines is 1. The van der Waals surface area contributed by atoms with Crippen LogP contribution in [-0.4, -0.2) is 91.9 Å². The standard InChI is InChI=1S/C29H38N6O4/c1-20(2)24-15-25(27(38)16-26(24)37)28-30-31-29(39)35(28)23-5-3-21(4-6-23)17-32-11-13-33(14-12-32)18-22-7-9-34(19-36)10-8-22/h3-6,15-16,19-20,22,37-38H,7-14,17-18H2,1-2H3,(H,31,39). The fraction of sp³-hybridized carbons (Fsp3) is 0.483. The Kier molecular flexibility index (Phi) is 8.04. The second-order valence-corrected chi connectivity index (χ2v) is 11.1. The maximum atomic E-state index is 12.7. The summed E-state index contributed by atoms with van der Waals surface area (Å²) in [6.07, 6.45) is 3.16. The molecule has 1 amide bonds. The van der Waals surface area contributed by atoms with Crippen molar-refractivity contribution in [3.05, 3.63) is 58.0 Å². The van der Waals surface area contributed by atoms with Crippen LogP contribution in [0.4, 0.5) is 0 Å². The number of amides is 1. The first-order valence-corrected chi connectivity index (χ1v) is 13.8. The Morgan fingerprint density at radius 3 is 2.28 bits per heavy atom. The Balaban J connectivity index is 1.22. The number of benzene rings is 2. The highest BCUT2D eigenvalue weighted by atomic mass is 16.3. The van der Waals surface area contributed by atoms with Gasteiger partial charge in [0, 0.05) is 58.4 Å². The van der Waals surface area contributed by atoms with Gasteiger partial charge in [0.2, 0.25) is 6.41 Å². The van der Waals surface area contributed by atoms with Gasteiger partial charge in [0.25, 0.3) is 0 Å². The summed E-state index contributed by atoms with van der Waals surface area (Å²) in [5.74, 6) is 0.878. The summed E-state index contributed by atoms with van der Waals surface area (Å²) in [4.78, 5) is 30.5. The van der Waals surface area contributed by atoms with Crippen molar-refractivity contribution in [2.75, 3.05) is 45.8 Å². The van der Waals surface area contributed by atoms with E-state index in [2.05, 4.69) is 20.0 Å². The molecule has 2 aromatic carbocycles. The quantitative estimate of drug-likeness (QED) is 0.381. The zero-order valence-electron chi connectivity index (χ0n) is 22.7. The maximum Gasteiger partial charge on any atom is 0.348 e. The first-order chi connectivity index (χ1) is 18.8. The Labute approximate surface area is 228 Å². The number of hydrogen-bond acceptors (Lipinski definition) is 7. The number of likely N-dealkylation sites (tertiary alicyclic amines) is 1. The Bertz CT molecular complexity index is 1330. The number of nitrogens with zero attached hydrogens (tertiary/aromatic N) is 5. The van der Waals surface area contributed by atoms with Gasteiger partial charge in [-0.2, -0.15) is 5.10 Å². The van der Waals surface area contributed by atoms with E-state index in [4.69, 9.17) is 0 Å². The average Bonchev–Trinajstić information content (AvgIpc) is 3.31. The largest absolute Gasteiger partial charge is 0.508 e. The summed E-state index contributed by atoms with van der Waals surface area (Å²) < 4.78 is 1.44. The smallest absolute Gasteiger partial charge is 0.348 e. The van der Waals surface area contributed by atoms with E-state index in [-0.39, 0.29) is 17.4 Å². The molecule has 39 heavy (non-hydrogen) atoms. The number of aromatic nitrogens is 3. The molecule has 0 atom stereocenters. The van der Waals surface area contributed by atoms with Crippen molar-refractivity contribution >= 4 is 6.41 Å². The molecule has 10 heteroatoms. The SMILES string of the molecule is CC(C)c1cc(-c2n[nH]c(=O)n2-c2ccc(CN3CCN(CC4CCN(C=O)CC4)CC3)cc2)c(O)cc1O. The molecule has 2 fully saturated rings. The van der Waals surface area contributed by atoms with Crippen molar-refractivity contribution in [3.8, 4) is 28.6 Å². The number of piperidine rings is 1. The lowest BCUT2D eigenvalue weighted by Gasteiger charge is -2.38. The zero-order chi connectivity index (χ0) is 27.5. The van der Waals surface area contributed by atoms with Crippen molar-refractivity contribution in [1.29, 1.82) is 0 Å². The van der Waals surface area contributed by atoms with Crippen LogP contribution in [0, 0.1) is 5.92 Å². The third-order valence-corrected chi connectivity index (χ3v) is 8.06. The van der Waals surface area contributed by atoms with Crippen LogP contribution in [0.3, 0.4) is 0 Å². The van der Waals surface area contributed by atoms with Gasteiger partial charge in [-0.15, -0.1) is 0 Å². The number of piperazine rings is 1. The molecule has 0 unspecified atom stereocenters. The van der Waals surface area contributed by atoms with Crippen LogP contribution >= 0.6 is 0 Å². The molecule has 0 saturated carbocycles. The molecule has 2 aliphatic rings. The summed E-state index contributed by atoms with van der Waals surface area (Å²) in [7, 11) is 0. The number of carbonyl (C=O) groups is 1. The van der Waals surface area contributed by atoms with Crippen molar-refractivity contribution in [2.24, 2.45) is 5.92 Å². The number of H-pyrrole nitrogens is 1. The second-order valence-electron chi connectivity index (χ2n) is 11.1. The topological polar surface area (TPSA) is 118 Å². The molecule has 1 aromatic heterocycles. The molecule has 3 heterocycles. The predicted molar refractivity (Wildman–Crippen MR) is 149 cm³/mol. The van der Waals surface area contributed by atoms with E-state index in [9.17, 15) is 19.8 Å². The first-order valence-electron chi connectivity index (χ1n) is 13.8. The summed E-state index contributed by atoms with van der Waals surface area (Å²) in [5.41, 5.74) is 2.47. The van der Waals surface area contributed by atoms with E-state index < -0.39 is 5.69 Å². The average molecular weight is 535 g/mol. The number of phenolic OH excluding ortho intramolecular Hbond substituents is 2. The van der Waals surface area contributed by atoms with E-state index in [0.717, 1.165) is 71.6 Å². The van der Waals surface area contributed by atoms with Crippen molar-refractivity contribution in [2.45, 2.75) is 39.2 Å². The monoisotopic (exact) mass is 534 g/mol. The predicted octanol–water partition coefficient (Wildman–Crippen LogP) is 2.75. The van der Waals surface area contributed by atoms with Crippen molar-refractivity contribution in [3.63, 3.8) is 0 Å². The maximum absolute atomic E-state index is 12.7. The van der Waals surface area contributed by atoms with Crippen molar-refractivity contribution < 1.29 is 15.0 Å². The molecule has 3 N–H and O–H groups in total. The molecule has 5 rings (SSSR count). The number of aromatic hydroxyl groups is 2. The molecule has 0 aliphatic carbocycles. The Hall–Kier alpha value is -3.63. The fourth-order valence-corrected chi connectivity index (χ4v) is 5.70. The molecule has 0 radical (unpaired) electrons. The van der Waals surface area contributed by atoms with Crippen LogP contribution in [0.25, 0.3) is 17.1 Å². The highest BCUT2D eigenvalue weighted by Gasteiger charge is 2.24. The molecule has 3 aromatic rings. The van der Waals surface area contributed by atoms with E-state index in [1.807, 2.05) is 43.0 Å². The van der Waals surface area contributed by atoms with Crippen LogP contribution in [0.5, 0.6) is 11.5 Å². The second kappa shape index (κ2) is 11.6. The van der Waals surface area contributed by atoms with Crippen LogP contribution in [0.1, 0.15) is 43.7 Å². The summed E-state index contributed by atoms with van der Waals surface area (Å²) >= 11 is 0. The van der Waals surface area contributed by atoms with Gasteiger partial charge in [0.15, 0.2) is 5.82 Å². The molecular weight excluding hydrogens is 496 g/mol. The minimum Gasteiger partial charge on any atom is -0.508 e. The van der Waals surface area contributed by atoms with Gasteiger partial charge in [0.05, 0.1) is 11.3 Å². The molecule has 10 nitrogen and oxygen atoms in total. The summed E-state index contributed by atoms with van der Waals surface area (Å²) in [5, 5.41) is 27.4. The highest BCUT2D eigenvalue weighted by molar-refractivity contribution is 5.69. The highest BCUT2D eigenvalue weighted by Crippen LogP contribution is 2.37. The van der Waals surface area contributed by atoms with Gasteiger partial charge in [-0.25, -0.2) is 14.5 Å². The van der Waals surface area contributed by atoms with Crippen LogP contribution in [-0.2, 0) is 11.3 Å². The fourth-order valence-electron chi connectivity index (χ4n) is 5.70. The van der Waals surface area contributed by atoms with Gasteiger partial charge < -0.3 is 20.0 Å². The van der Waals surface area contributed by atoms with Gasteiger partial charge >= 0.3 is 5.69 Å². The Morgan fingerprint density at radius 1 is 0.974 bits per heavy atom. The molecule has 0 bridgehead atoms. The number of rotatable bonds is 8. The van der Waals surface area contributed by atoms with E-state index in [1.54, 1.807) is 6.07 Å².